The van der Waals surface area contributed by atoms with Crippen molar-refractivity contribution < 1.29 is 13.6 Å². The zero-order valence-electron chi connectivity index (χ0n) is 17.4. The van der Waals surface area contributed by atoms with Crippen LogP contribution < -0.4 is 0 Å². The number of carbonyl (C=O) groups is 1. The van der Waals surface area contributed by atoms with Gasteiger partial charge in [-0.3, -0.25) is 4.79 Å². The van der Waals surface area contributed by atoms with E-state index in [0.717, 1.165) is 22.5 Å². The number of aromatic amines is 1. The molecule has 3 nitrogen and oxygen atoms in total. The number of carbonyl (C=O) groups excluding carboxylic acids is 1. The summed E-state index contributed by atoms with van der Waals surface area (Å²) in [6, 6.07) is 28.6. The van der Waals surface area contributed by atoms with Crippen molar-refractivity contribution in [3.05, 3.63) is 126 Å². The zero-order chi connectivity index (χ0) is 22.8. The van der Waals surface area contributed by atoms with Crippen LogP contribution in [-0.4, -0.2) is 15.8 Å². The van der Waals surface area contributed by atoms with Crippen LogP contribution in [0.4, 0.5) is 8.78 Å². The van der Waals surface area contributed by atoms with Gasteiger partial charge in [0.05, 0.1) is 11.4 Å². The lowest BCUT2D eigenvalue weighted by molar-refractivity contribution is 0.103. The highest BCUT2D eigenvalue weighted by Gasteiger charge is 2.16. The molecule has 33 heavy (non-hydrogen) atoms. The third kappa shape index (κ3) is 4.21. The minimum absolute atomic E-state index is 0.185. The molecule has 5 rings (SSSR count). The van der Waals surface area contributed by atoms with Gasteiger partial charge in [-0.2, -0.15) is 0 Å². The van der Waals surface area contributed by atoms with Crippen LogP contribution in [0.25, 0.3) is 33.9 Å². The number of nitrogens with zero attached hydrogens (tertiary/aromatic N) is 1. The lowest BCUT2D eigenvalue weighted by Crippen LogP contribution is -2.01. The second kappa shape index (κ2) is 8.63. The van der Waals surface area contributed by atoms with E-state index in [1.54, 1.807) is 24.3 Å². The first-order chi connectivity index (χ1) is 16.1. The van der Waals surface area contributed by atoms with Gasteiger partial charge in [0.15, 0.2) is 5.78 Å². The molecular formula is C28H18F2N2O. The third-order valence-electron chi connectivity index (χ3n) is 5.39. The number of imidazole rings is 1. The Hall–Kier alpha value is -4.38. The number of nitrogens with one attached hydrogen (secondary N) is 1. The minimum Gasteiger partial charge on any atom is -0.337 e. The van der Waals surface area contributed by atoms with Crippen molar-refractivity contribution in [2.24, 2.45) is 0 Å². The van der Waals surface area contributed by atoms with E-state index in [-0.39, 0.29) is 17.4 Å². The molecule has 0 radical (unpaired) electrons. The van der Waals surface area contributed by atoms with Crippen molar-refractivity contribution in [2.75, 3.05) is 0 Å². The fourth-order valence-corrected chi connectivity index (χ4v) is 3.72. The molecular weight excluding hydrogens is 418 g/mol. The van der Waals surface area contributed by atoms with Gasteiger partial charge in [-0.25, -0.2) is 13.8 Å². The Morgan fingerprint density at radius 3 is 1.94 bits per heavy atom. The molecule has 0 fully saturated rings. The summed E-state index contributed by atoms with van der Waals surface area (Å²) in [4.78, 5) is 20.8. The largest absolute Gasteiger partial charge is 0.337 e. The van der Waals surface area contributed by atoms with E-state index in [1.807, 2.05) is 42.5 Å². The molecule has 0 bridgehead atoms. The van der Waals surface area contributed by atoms with Crippen molar-refractivity contribution >= 4 is 5.78 Å². The molecule has 1 N–H and O–H groups in total. The van der Waals surface area contributed by atoms with Crippen molar-refractivity contribution in [3.63, 3.8) is 0 Å². The number of benzene rings is 4. The maximum Gasteiger partial charge on any atom is 0.193 e. The predicted octanol–water partition coefficient (Wildman–Crippen LogP) is 6.92. The molecule has 5 heteroatoms. The first-order valence-corrected chi connectivity index (χ1v) is 10.4. The molecule has 0 saturated carbocycles. The molecule has 1 aromatic heterocycles. The summed E-state index contributed by atoms with van der Waals surface area (Å²) < 4.78 is 27.0. The smallest absolute Gasteiger partial charge is 0.193 e. The Morgan fingerprint density at radius 1 is 0.636 bits per heavy atom. The normalized spacial score (nSPS) is 10.8. The molecule has 0 unspecified atom stereocenters. The SMILES string of the molecule is O=C(c1ccc(F)cc1)c1ccc(-c2[nH]c(-c3cccc(F)c3)nc2-c2ccccc2)cc1. The monoisotopic (exact) mass is 436 g/mol. The van der Waals surface area contributed by atoms with Crippen molar-refractivity contribution in [1.82, 2.24) is 9.97 Å². The van der Waals surface area contributed by atoms with Crippen LogP contribution in [0.15, 0.2) is 103 Å². The van der Waals surface area contributed by atoms with Gasteiger partial charge < -0.3 is 4.98 Å². The standard InChI is InChI=1S/C28H18F2N2O/c29-23-15-13-21(14-16-23)27(33)20-11-9-19(10-12-20)26-25(18-5-2-1-3-6-18)31-28(32-26)22-7-4-8-24(30)17-22/h1-17H,(H,31,32). The first-order valence-electron chi connectivity index (χ1n) is 10.4. The van der Waals surface area contributed by atoms with E-state index < -0.39 is 0 Å². The summed E-state index contributed by atoms with van der Waals surface area (Å²) >= 11 is 0. The maximum absolute atomic E-state index is 13.8. The third-order valence-corrected chi connectivity index (χ3v) is 5.39. The number of halogens is 2. The van der Waals surface area contributed by atoms with E-state index in [4.69, 9.17) is 4.98 Å². The van der Waals surface area contributed by atoms with Gasteiger partial charge in [0, 0.05) is 27.8 Å². The molecule has 0 spiro atoms. The quantitative estimate of drug-likeness (QED) is 0.304. The average Bonchev–Trinajstić information content (AvgIpc) is 3.30. The fraction of sp³-hybridized carbons (Fsp3) is 0. The number of hydrogen-bond donors (Lipinski definition) is 1. The molecule has 0 aliphatic carbocycles. The highest BCUT2D eigenvalue weighted by molar-refractivity contribution is 6.09. The molecule has 0 saturated heterocycles. The van der Waals surface area contributed by atoms with Gasteiger partial charge in [-0.05, 0) is 36.4 Å². The van der Waals surface area contributed by atoms with E-state index in [2.05, 4.69) is 4.98 Å². The van der Waals surface area contributed by atoms with Gasteiger partial charge >= 0.3 is 0 Å². The van der Waals surface area contributed by atoms with E-state index >= 15 is 0 Å². The van der Waals surface area contributed by atoms with Crippen LogP contribution in [-0.2, 0) is 0 Å². The summed E-state index contributed by atoms with van der Waals surface area (Å²) in [5, 5.41) is 0. The Kier molecular flexibility index (Phi) is 5.37. The second-order valence-corrected chi connectivity index (χ2v) is 7.60. The van der Waals surface area contributed by atoms with E-state index in [1.165, 1.54) is 36.4 Å². The Labute approximate surface area is 189 Å². The van der Waals surface area contributed by atoms with E-state index in [0.29, 0.717) is 22.5 Å². The van der Waals surface area contributed by atoms with E-state index in [9.17, 15) is 13.6 Å². The maximum atomic E-state index is 13.8. The Bertz CT molecular complexity index is 1420. The molecule has 160 valence electrons. The number of rotatable bonds is 5. The van der Waals surface area contributed by atoms with Gasteiger partial charge in [0.25, 0.3) is 0 Å². The summed E-state index contributed by atoms with van der Waals surface area (Å²) in [5.41, 5.74) is 4.80. The summed E-state index contributed by atoms with van der Waals surface area (Å²) in [7, 11) is 0. The first kappa shape index (κ1) is 20.5. The number of H-pyrrole nitrogens is 1. The van der Waals surface area contributed by atoms with Gasteiger partial charge in [0.1, 0.15) is 17.5 Å². The molecule has 0 aliphatic heterocycles. The van der Waals surface area contributed by atoms with Crippen molar-refractivity contribution in [1.29, 1.82) is 0 Å². The van der Waals surface area contributed by atoms with Crippen LogP contribution >= 0.6 is 0 Å². The van der Waals surface area contributed by atoms with Crippen LogP contribution in [0.3, 0.4) is 0 Å². The van der Waals surface area contributed by atoms with Crippen molar-refractivity contribution in [2.45, 2.75) is 0 Å². The summed E-state index contributed by atoms with van der Waals surface area (Å²) in [6.07, 6.45) is 0. The molecule has 0 amide bonds. The lowest BCUT2D eigenvalue weighted by atomic mass is 10.00. The Morgan fingerprint density at radius 2 is 1.27 bits per heavy atom. The molecule has 0 aliphatic rings. The average molecular weight is 436 g/mol. The van der Waals surface area contributed by atoms with Crippen LogP contribution in [0, 0.1) is 11.6 Å². The molecule has 1 heterocycles. The lowest BCUT2D eigenvalue weighted by Gasteiger charge is -2.06. The Balaban J connectivity index is 1.55. The predicted molar refractivity (Wildman–Crippen MR) is 125 cm³/mol. The van der Waals surface area contributed by atoms with Gasteiger partial charge in [0.2, 0.25) is 0 Å². The zero-order valence-corrected chi connectivity index (χ0v) is 17.4. The summed E-state index contributed by atoms with van der Waals surface area (Å²) in [6.45, 7) is 0. The van der Waals surface area contributed by atoms with Gasteiger partial charge in [-0.1, -0.05) is 66.7 Å². The highest BCUT2D eigenvalue weighted by atomic mass is 19.1. The fourth-order valence-electron chi connectivity index (χ4n) is 3.72. The summed E-state index contributed by atoms with van der Waals surface area (Å²) in [5.74, 6) is -0.358. The van der Waals surface area contributed by atoms with Crippen LogP contribution in [0.2, 0.25) is 0 Å². The molecule has 5 aromatic rings. The number of ketones is 1. The van der Waals surface area contributed by atoms with Crippen LogP contribution in [0.1, 0.15) is 15.9 Å². The minimum atomic E-state index is -0.385. The number of aromatic nitrogens is 2. The van der Waals surface area contributed by atoms with Gasteiger partial charge in [-0.15, -0.1) is 0 Å². The topological polar surface area (TPSA) is 45.8 Å². The second-order valence-electron chi connectivity index (χ2n) is 7.60. The molecule has 0 atom stereocenters. The number of hydrogen-bond acceptors (Lipinski definition) is 2. The van der Waals surface area contributed by atoms with Crippen LogP contribution in [0.5, 0.6) is 0 Å². The molecule has 4 aromatic carbocycles. The van der Waals surface area contributed by atoms with Crippen molar-refractivity contribution in [3.8, 4) is 33.9 Å². The highest BCUT2D eigenvalue weighted by Crippen LogP contribution is 2.33.